The normalized spacial score (nSPS) is 20.8. The summed E-state index contributed by atoms with van der Waals surface area (Å²) in [5.41, 5.74) is 3.78. The number of amides is 1. The highest BCUT2D eigenvalue weighted by Crippen LogP contribution is 2.32. The van der Waals surface area contributed by atoms with Crippen LogP contribution in [0.1, 0.15) is 61.4 Å². The van der Waals surface area contributed by atoms with Gasteiger partial charge in [0.25, 0.3) is 0 Å². The summed E-state index contributed by atoms with van der Waals surface area (Å²) in [4.78, 5) is 12.5. The summed E-state index contributed by atoms with van der Waals surface area (Å²) >= 11 is 0. The van der Waals surface area contributed by atoms with Crippen LogP contribution in [0.4, 0.5) is 0 Å². The molecule has 2 aliphatic rings. The molecule has 0 aliphatic heterocycles. The Morgan fingerprint density at radius 2 is 1.92 bits per heavy atom. The standard InChI is InChI=1S/C20H25N3O/c24-20(16-9-4-5-10-16)22-18-11-6-12-19-17(18)13-21-23(19)14-15-7-2-1-3-8-15/h1-3,7-8,13,16,18H,4-6,9-12,14H2,(H,22,24)/t18-/m1/s1. The van der Waals surface area contributed by atoms with Gasteiger partial charge in [-0.25, -0.2) is 0 Å². The van der Waals surface area contributed by atoms with Gasteiger partial charge in [0.05, 0.1) is 18.8 Å². The Hall–Kier alpha value is -2.10. The number of hydrogen-bond acceptors (Lipinski definition) is 2. The Kier molecular flexibility index (Phi) is 4.37. The zero-order valence-corrected chi connectivity index (χ0v) is 14.1. The lowest BCUT2D eigenvalue weighted by Crippen LogP contribution is -2.34. The summed E-state index contributed by atoms with van der Waals surface area (Å²) in [7, 11) is 0. The molecule has 0 spiro atoms. The number of nitrogens with one attached hydrogen (secondary N) is 1. The highest BCUT2D eigenvalue weighted by Gasteiger charge is 2.29. The first-order valence-electron chi connectivity index (χ1n) is 9.20. The first kappa shape index (κ1) is 15.4. The van der Waals surface area contributed by atoms with Crippen molar-refractivity contribution in [3.8, 4) is 0 Å². The molecule has 1 aromatic carbocycles. The summed E-state index contributed by atoms with van der Waals surface area (Å²) in [6, 6.07) is 10.6. The van der Waals surface area contributed by atoms with E-state index in [-0.39, 0.29) is 17.9 Å². The van der Waals surface area contributed by atoms with Crippen molar-refractivity contribution in [1.82, 2.24) is 15.1 Å². The Morgan fingerprint density at radius 1 is 1.12 bits per heavy atom. The van der Waals surface area contributed by atoms with Crippen LogP contribution in [-0.4, -0.2) is 15.7 Å². The van der Waals surface area contributed by atoms with E-state index in [0.29, 0.717) is 0 Å². The van der Waals surface area contributed by atoms with Gasteiger partial charge in [-0.1, -0.05) is 43.2 Å². The largest absolute Gasteiger partial charge is 0.349 e. The number of nitrogens with zero attached hydrogens (tertiary/aromatic N) is 2. The fourth-order valence-electron chi connectivity index (χ4n) is 4.14. The van der Waals surface area contributed by atoms with Gasteiger partial charge in [0.2, 0.25) is 5.91 Å². The highest BCUT2D eigenvalue weighted by atomic mass is 16.1. The van der Waals surface area contributed by atoms with Gasteiger partial charge in [-0.15, -0.1) is 0 Å². The van der Waals surface area contributed by atoms with Crippen LogP contribution in [0.15, 0.2) is 36.5 Å². The van der Waals surface area contributed by atoms with Gasteiger partial charge in [0, 0.05) is 17.2 Å². The Labute approximate surface area is 143 Å². The van der Waals surface area contributed by atoms with Crippen LogP contribution in [0.2, 0.25) is 0 Å². The summed E-state index contributed by atoms with van der Waals surface area (Å²) < 4.78 is 2.11. The third-order valence-corrected chi connectivity index (χ3v) is 5.48. The molecule has 0 unspecified atom stereocenters. The average molecular weight is 323 g/mol. The topological polar surface area (TPSA) is 46.9 Å². The molecule has 24 heavy (non-hydrogen) atoms. The van der Waals surface area contributed by atoms with E-state index < -0.39 is 0 Å². The Bertz CT molecular complexity index is 701. The van der Waals surface area contributed by atoms with Crippen LogP contribution in [0.25, 0.3) is 0 Å². The molecule has 1 amide bonds. The van der Waals surface area contributed by atoms with Crippen molar-refractivity contribution < 1.29 is 4.79 Å². The predicted octanol–water partition coefficient (Wildman–Crippen LogP) is 3.62. The average Bonchev–Trinajstić information content (AvgIpc) is 3.27. The van der Waals surface area contributed by atoms with Crippen molar-refractivity contribution in [2.75, 3.05) is 0 Å². The van der Waals surface area contributed by atoms with Crippen molar-refractivity contribution in [1.29, 1.82) is 0 Å². The number of benzene rings is 1. The summed E-state index contributed by atoms with van der Waals surface area (Å²) in [5.74, 6) is 0.482. The molecule has 1 atom stereocenters. The Balaban J connectivity index is 1.50. The molecule has 126 valence electrons. The van der Waals surface area contributed by atoms with Gasteiger partial charge in [-0.3, -0.25) is 9.48 Å². The monoisotopic (exact) mass is 323 g/mol. The summed E-state index contributed by atoms with van der Waals surface area (Å²) in [6.07, 6.45) is 9.67. The summed E-state index contributed by atoms with van der Waals surface area (Å²) in [6.45, 7) is 0.805. The molecule has 0 radical (unpaired) electrons. The first-order valence-corrected chi connectivity index (χ1v) is 9.20. The molecule has 0 bridgehead atoms. The number of rotatable bonds is 4. The molecule has 4 nitrogen and oxygen atoms in total. The van der Waals surface area contributed by atoms with Gasteiger partial charge in [0.15, 0.2) is 0 Å². The molecule has 2 aliphatic carbocycles. The Morgan fingerprint density at radius 3 is 2.71 bits per heavy atom. The van der Waals surface area contributed by atoms with Gasteiger partial charge in [0.1, 0.15) is 0 Å². The van der Waals surface area contributed by atoms with Gasteiger partial charge < -0.3 is 5.32 Å². The van der Waals surface area contributed by atoms with E-state index in [2.05, 4.69) is 39.4 Å². The molecular formula is C20H25N3O. The maximum Gasteiger partial charge on any atom is 0.223 e. The van der Waals surface area contributed by atoms with E-state index in [1.807, 2.05) is 12.3 Å². The van der Waals surface area contributed by atoms with Crippen LogP contribution in [0, 0.1) is 5.92 Å². The molecular weight excluding hydrogens is 298 g/mol. The van der Waals surface area contributed by atoms with E-state index in [4.69, 9.17) is 0 Å². The van der Waals surface area contributed by atoms with Crippen LogP contribution in [0.5, 0.6) is 0 Å². The summed E-state index contributed by atoms with van der Waals surface area (Å²) in [5, 5.41) is 7.92. The molecule has 1 saturated carbocycles. The zero-order chi connectivity index (χ0) is 16.4. The van der Waals surface area contributed by atoms with Crippen LogP contribution in [-0.2, 0) is 17.8 Å². The van der Waals surface area contributed by atoms with Gasteiger partial charge in [-0.2, -0.15) is 5.10 Å². The fraction of sp³-hybridized carbons (Fsp3) is 0.500. The second kappa shape index (κ2) is 6.80. The zero-order valence-electron chi connectivity index (χ0n) is 14.1. The minimum Gasteiger partial charge on any atom is -0.349 e. The predicted molar refractivity (Wildman–Crippen MR) is 93.6 cm³/mol. The van der Waals surface area contributed by atoms with Crippen LogP contribution < -0.4 is 5.32 Å². The van der Waals surface area contributed by atoms with E-state index >= 15 is 0 Å². The van der Waals surface area contributed by atoms with Crippen LogP contribution in [0.3, 0.4) is 0 Å². The molecule has 2 aromatic rings. The van der Waals surface area contributed by atoms with Crippen molar-refractivity contribution in [2.24, 2.45) is 5.92 Å². The van der Waals surface area contributed by atoms with E-state index in [0.717, 1.165) is 38.6 Å². The lowest BCUT2D eigenvalue weighted by Gasteiger charge is -2.25. The number of carbonyl (C=O) groups is 1. The number of hydrogen-bond donors (Lipinski definition) is 1. The molecule has 0 saturated heterocycles. The van der Waals surface area contributed by atoms with Crippen molar-refractivity contribution in [2.45, 2.75) is 57.5 Å². The van der Waals surface area contributed by atoms with Crippen molar-refractivity contribution >= 4 is 5.91 Å². The van der Waals surface area contributed by atoms with Crippen molar-refractivity contribution in [3.63, 3.8) is 0 Å². The first-order chi connectivity index (χ1) is 11.8. The van der Waals surface area contributed by atoms with Crippen molar-refractivity contribution in [3.05, 3.63) is 53.3 Å². The lowest BCUT2D eigenvalue weighted by atomic mass is 9.92. The lowest BCUT2D eigenvalue weighted by molar-refractivity contribution is -0.125. The smallest absolute Gasteiger partial charge is 0.223 e. The molecule has 4 rings (SSSR count). The molecule has 4 heteroatoms. The second-order valence-electron chi connectivity index (χ2n) is 7.12. The van der Waals surface area contributed by atoms with E-state index in [1.54, 1.807) is 0 Å². The highest BCUT2D eigenvalue weighted by molar-refractivity contribution is 5.79. The molecule has 1 N–H and O–H groups in total. The number of fused-ring (bicyclic) bond motifs is 1. The second-order valence-corrected chi connectivity index (χ2v) is 7.12. The third kappa shape index (κ3) is 3.10. The number of carbonyl (C=O) groups excluding carboxylic acids is 1. The maximum absolute atomic E-state index is 12.5. The fourth-order valence-corrected chi connectivity index (χ4v) is 4.14. The number of aromatic nitrogens is 2. The van der Waals surface area contributed by atoms with Gasteiger partial charge >= 0.3 is 0 Å². The van der Waals surface area contributed by atoms with Gasteiger partial charge in [-0.05, 0) is 37.7 Å². The minimum absolute atomic E-state index is 0.145. The maximum atomic E-state index is 12.5. The molecule has 1 fully saturated rings. The van der Waals surface area contributed by atoms with E-state index in [9.17, 15) is 4.79 Å². The van der Waals surface area contributed by atoms with E-state index in [1.165, 1.54) is 29.7 Å². The molecule has 1 aromatic heterocycles. The third-order valence-electron chi connectivity index (χ3n) is 5.48. The SMILES string of the molecule is O=C(N[C@@H]1CCCc2c1cnn2Cc1ccccc1)C1CCCC1. The quantitative estimate of drug-likeness (QED) is 0.934. The van der Waals surface area contributed by atoms with Crippen LogP contribution >= 0.6 is 0 Å². The minimum atomic E-state index is 0.145. The molecule has 1 heterocycles.